The molecule has 186 valence electrons. The van der Waals surface area contributed by atoms with Crippen molar-refractivity contribution < 1.29 is 14.3 Å². The highest BCUT2D eigenvalue weighted by molar-refractivity contribution is 8.05. The van der Waals surface area contributed by atoms with Crippen molar-refractivity contribution in [3.63, 3.8) is 0 Å². The van der Waals surface area contributed by atoms with E-state index in [2.05, 4.69) is 36.3 Å². The van der Waals surface area contributed by atoms with Crippen LogP contribution < -0.4 is 20.1 Å². The monoisotopic (exact) mass is 520 g/mol. The molecule has 0 aromatic heterocycles. The summed E-state index contributed by atoms with van der Waals surface area (Å²) in [6.07, 6.45) is 5.26. The van der Waals surface area contributed by atoms with Crippen molar-refractivity contribution in [2.75, 3.05) is 12.4 Å². The molecular formula is C29H29ClN2O3S. The van der Waals surface area contributed by atoms with Gasteiger partial charge in [-0.3, -0.25) is 4.79 Å². The van der Waals surface area contributed by atoms with E-state index >= 15 is 0 Å². The quantitative estimate of drug-likeness (QED) is 0.227. The van der Waals surface area contributed by atoms with Gasteiger partial charge in [0.15, 0.2) is 17.0 Å². The van der Waals surface area contributed by atoms with Gasteiger partial charge in [0.2, 0.25) is 0 Å². The van der Waals surface area contributed by atoms with Crippen LogP contribution in [0.1, 0.15) is 29.2 Å². The van der Waals surface area contributed by atoms with E-state index in [4.69, 9.17) is 21.1 Å². The summed E-state index contributed by atoms with van der Waals surface area (Å²) in [7, 11) is 1.60. The van der Waals surface area contributed by atoms with Gasteiger partial charge < -0.3 is 20.1 Å². The molecular weight excluding hydrogens is 492 g/mol. The third kappa shape index (κ3) is 6.25. The Morgan fingerprint density at radius 3 is 2.61 bits per heavy atom. The predicted octanol–water partition coefficient (Wildman–Crippen LogP) is 6.82. The normalized spacial score (nSPS) is 16.0. The molecule has 0 radical (unpaired) electrons. The lowest BCUT2D eigenvalue weighted by molar-refractivity contribution is -0.116. The van der Waals surface area contributed by atoms with E-state index in [1.807, 2.05) is 60.7 Å². The standard InChI is InChI=1S/C29H29ClN2O3S/c1-4-8-21-15-20(16-25(34-3)27(21)35-18-22-9-6-7-10-24(22)30)17-26-28(33)32-29(36-26)31-23-13-11-19(5-2)12-14-23/h4,6-7,9-17,29,31H,1,5,8,18H2,2-3H3,(H,32,33)/b26-17-/t29-/m0/s1. The van der Waals surface area contributed by atoms with Gasteiger partial charge in [-0.05, 0) is 60.4 Å². The van der Waals surface area contributed by atoms with Crippen LogP contribution in [0, 0.1) is 0 Å². The lowest BCUT2D eigenvalue weighted by Crippen LogP contribution is -2.30. The van der Waals surface area contributed by atoms with Crippen molar-refractivity contribution in [3.05, 3.63) is 106 Å². The van der Waals surface area contributed by atoms with Crippen molar-refractivity contribution in [2.45, 2.75) is 31.9 Å². The Hall–Kier alpha value is -3.35. The molecule has 1 saturated heterocycles. The Morgan fingerprint density at radius 1 is 1.14 bits per heavy atom. The molecule has 1 aliphatic rings. The fourth-order valence-electron chi connectivity index (χ4n) is 3.86. The van der Waals surface area contributed by atoms with Crippen LogP contribution in [0.2, 0.25) is 5.02 Å². The number of carbonyl (C=O) groups is 1. The minimum absolute atomic E-state index is 0.119. The highest BCUT2D eigenvalue weighted by Crippen LogP contribution is 2.37. The number of benzene rings is 3. The van der Waals surface area contributed by atoms with Gasteiger partial charge in [0, 0.05) is 21.8 Å². The fourth-order valence-corrected chi connectivity index (χ4v) is 5.03. The van der Waals surface area contributed by atoms with Crippen LogP contribution in [0.15, 0.2) is 78.2 Å². The summed E-state index contributed by atoms with van der Waals surface area (Å²) in [5.41, 5.74) is 4.63. The Bertz CT molecular complexity index is 1270. The average Bonchev–Trinajstić information content (AvgIpc) is 3.22. The van der Waals surface area contributed by atoms with Gasteiger partial charge in [0.1, 0.15) is 6.61 Å². The predicted molar refractivity (Wildman–Crippen MR) is 150 cm³/mol. The summed E-state index contributed by atoms with van der Waals surface area (Å²) < 4.78 is 11.8. The second-order valence-electron chi connectivity index (χ2n) is 8.26. The number of aryl methyl sites for hydroxylation is 1. The minimum Gasteiger partial charge on any atom is -0.493 e. The molecule has 3 aromatic carbocycles. The Morgan fingerprint density at radius 2 is 1.92 bits per heavy atom. The number of anilines is 1. The molecule has 3 aromatic rings. The van der Waals surface area contributed by atoms with Gasteiger partial charge in [-0.2, -0.15) is 0 Å². The molecule has 0 unspecified atom stereocenters. The molecule has 1 atom stereocenters. The van der Waals surface area contributed by atoms with E-state index < -0.39 is 0 Å². The van der Waals surface area contributed by atoms with Crippen LogP contribution in [0.25, 0.3) is 6.08 Å². The molecule has 5 nitrogen and oxygen atoms in total. The summed E-state index contributed by atoms with van der Waals surface area (Å²) in [4.78, 5) is 13.3. The number of nitrogens with one attached hydrogen (secondary N) is 2. The van der Waals surface area contributed by atoms with Crippen molar-refractivity contribution in [1.82, 2.24) is 5.32 Å². The summed E-state index contributed by atoms with van der Waals surface area (Å²) in [5, 5.41) is 6.99. The van der Waals surface area contributed by atoms with Gasteiger partial charge in [0.25, 0.3) is 5.91 Å². The summed E-state index contributed by atoms with van der Waals surface area (Å²) in [6, 6.07) is 19.7. The van der Waals surface area contributed by atoms with E-state index in [0.717, 1.165) is 28.8 Å². The zero-order valence-electron chi connectivity index (χ0n) is 20.3. The molecule has 0 saturated carbocycles. The maximum atomic E-state index is 12.7. The highest BCUT2D eigenvalue weighted by Gasteiger charge is 2.27. The molecule has 36 heavy (non-hydrogen) atoms. The topological polar surface area (TPSA) is 59.6 Å². The molecule has 0 aliphatic carbocycles. The van der Waals surface area contributed by atoms with Gasteiger partial charge in [-0.15, -0.1) is 6.58 Å². The SMILES string of the molecule is C=CCc1cc(/C=C2\S[C@@H](Nc3ccc(CC)cc3)NC2=O)cc(OC)c1OCc1ccccc1Cl. The number of allylic oxidation sites excluding steroid dienone is 1. The molecule has 4 rings (SSSR count). The third-order valence-corrected chi connectivity index (χ3v) is 7.15. The number of methoxy groups -OCH3 is 1. The molecule has 1 heterocycles. The van der Waals surface area contributed by atoms with E-state index in [1.54, 1.807) is 7.11 Å². The number of amides is 1. The first-order valence-corrected chi connectivity index (χ1v) is 13.0. The first kappa shape index (κ1) is 25.7. The number of hydrogen-bond donors (Lipinski definition) is 2. The van der Waals surface area contributed by atoms with Crippen LogP contribution in [0.4, 0.5) is 5.69 Å². The fraction of sp³-hybridized carbons (Fsp3) is 0.207. The summed E-state index contributed by atoms with van der Waals surface area (Å²) in [6.45, 7) is 6.32. The maximum Gasteiger partial charge on any atom is 0.260 e. The number of rotatable bonds is 10. The van der Waals surface area contributed by atoms with Crippen LogP contribution in [0.3, 0.4) is 0 Å². The Balaban J connectivity index is 1.54. The van der Waals surface area contributed by atoms with Gasteiger partial charge >= 0.3 is 0 Å². The molecule has 2 N–H and O–H groups in total. The number of ether oxygens (including phenoxy) is 2. The third-order valence-electron chi connectivity index (χ3n) is 5.76. The molecule has 1 fully saturated rings. The van der Waals surface area contributed by atoms with E-state index in [0.29, 0.717) is 34.5 Å². The van der Waals surface area contributed by atoms with E-state index in [9.17, 15) is 4.79 Å². The van der Waals surface area contributed by atoms with Gasteiger partial charge in [-0.25, -0.2) is 0 Å². The van der Waals surface area contributed by atoms with Crippen LogP contribution >= 0.6 is 23.4 Å². The van der Waals surface area contributed by atoms with Gasteiger partial charge in [0.05, 0.1) is 12.0 Å². The maximum absolute atomic E-state index is 12.7. The minimum atomic E-state index is -0.246. The summed E-state index contributed by atoms with van der Waals surface area (Å²) >= 11 is 7.74. The molecule has 1 aliphatic heterocycles. The summed E-state index contributed by atoms with van der Waals surface area (Å²) in [5.74, 6) is 1.10. The first-order chi connectivity index (χ1) is 17.5. The second-order valence-corrected chi connectivity index (χ2v) is 9.81. The average molecular weight is 521 g/mol. The van der Waals surface area contributed by atoms with E-state index in [-0.39, 0.29) is 11.4 Å². The number of carbonyl (C=O) groups excluding carboxylic acids is 1. The van der Waals surface area contributed by atoms with E-state index in [1.165, 1.54) is 17.3 Å². The van der Waals surface area contributed by atoms with Crippen molar-refractivity contribution >= 4 is 41.0 Å². The lowest BCUT2D eigenvalue weighted by Gasteiger charge is -2.16. The first-order valence-electron chi connectivity index (χ1n) is 11.7. The second kappa shape index (κ2) is 12.1. The van der Waals surface area contributed by atoms with Crippen molar-refractivity contribution in [2.24, 2.45) is 0 Å². The smallest absolute Gasteiger partial charge is 0.260 e. The molecule has 0 spiro atoms. The van der Waals surface area contributed by atoms with Crippen molar-refractivity contribution in [3.8, 4) is 11.5 Å². The van der Waals surface area contributed by atoms with Crippen LogP contribution in [0.5, 0.6) is 11.5 Å². The molecule has 7 heteroatoms. The zero-order valence-corrected chi connectivity index (χ0v) is 21.9. The molecule has 0 bridgehead atoms. The highest BCUT2D eigenvalue weighted by atomic mass is 35.5. The molecule has 1 amide bonds. The van der Waals surface area contributed by atoms with Crippen LogP contribution in [-0.2, 0) is 24.2 Å². The Labute approximate surface area is 221 Å². The lowest BCUT2D eigenvalue weighted by atomic mass is 10.0. The largest absolute Gasteiger partial charge is 0.493 e. The Kier molecular flexibility index (Phi) is 8.62. The number of halogens is 1. The van der Waals surface area contributed by atoms with Crippen LogP contribution in [-0.4, -0.2) is 18.5 Å². The number of hydrogen-bond acceptors (Lipinski definition) is 5. The van der Waals surface area contributed by atoms with Gasteiger partial charge in [-0.1, -0.05) is 66.7 Å². The zero-order chi connectivity index (χ0) is 25.5. The van der Waals surface area contributed by atoms with Crippen molar-refractivity contribution in [1.29, 1.82) is 0 Å². The number of thioether (sulfide) groups is 1.